The highest BCUT2D eigenvalue weighted by Gasteiger charge is 2.51. The highest BCUT2D eigenvalue weighted by atomic mass is 16.6. The molecule has 2 aliphatic heterocycles. The predicted molar refractivity (Wildman–Crippen MR) is 95.6 cm³/mol. The van der Waals surface area contributed by atoms with E-state index in [0.29, 0.717) is 0 Å². The van der Waals surface area contributed by atoms with E-state index >= 15 is 0 Å². The number of hydrogen-bond acceptors (Lipinski definition) is 3. The maximum atomic E-state index is 12.6. The van der Waals surface area contributed by atoms with Gasteiger partial charge >= 0.3 is 5.97 Å². The van der Waals surface area contributed by atoms with Gasteiger partial charge < -0.3 is 9.64 Å². The maximum absolute atomic E-state index is 12.6. The van der Waals surface area contributed by atoms with Gasteiger partial charge in [0.05, 0.1) is 5.92 Å². The number of hydrogen-bond donors (Lipinski definition) is 0. The number of allylic oxidation sites excluding steroid dienone is 3. The van der Waals surface area contributed by atoms with Crippen molar-refractivity contribution in [3.8, 4) is 0 Å². The van der Waals surface area contributed by atoms with Crippen molar-refractivity contribution in [1.82, 2.24) is 4.90 Å². The molecule has 0 bridgehead atoms. The minimum atomic E-state index is 0.0416. The van der Waals surface area contributed by atoms with Crippen LogP contribution in [0.5, 0.6) is 0 Å². The lowest BCUT2D eigenvalue weighted by molar-refractivity contribution is -0.145. The van der Waals surface area contributed by atoms with Gasteiger partial charge in [-0.3, -0.25) is 4.79 Å². The molecule has 3 heteroatoms. The van der Waals surface area contributed by atoms with Gasteiger partial charge in [-0.25, -0.2) is 0 Å². The number of carbonyl (C=O) groups excluding carboxylic acids is 1. The number of nitrogens with zero attached hydrogens (tertiary/aromatic N) is 1. The van der Waals surface area contributed by atoms with Crippen LogP contribution < -0.4 is 0 Å². The molecular weight excluding hydrogens is 298 g/mol. The van der Waals surface area contributed by atoms with Gasteiger partial charge in [0, 0.05) is 12.5 Å². The van der Waals surface area contributed by atoms with Gasteiger partial charge in [0.2, 0.25) is 0 Å². The molecule has 2 aliphatic carbocycles. The van der Waals surface area contributed by atoms with Crippen LogP contribution in [0.15, 0.2) is 23.3 Å². The third-order valence-corrected chi connectivity index (χ3v) is 6.85. The van der Waals surface area contributed by atoms with Crippen molar-refractivity contribution in [3.63, 3.8) is 0 Å². The van der Waals surface area contributed by atoms with Crippen LogP contribution in [0.3, 0.4) is 0 Å². The molecule has 0 aromatic carbocycles. The largest absolute Gasteiger partial charge is 0.461 e. The van der Waals surface area contributed by atoms with Gasteiger partial charge in [-0.05, 0) is 63.1 Å². The quantitative estimate of drug-likeness (QED) is 0.715. The van der Waals surface area contributed by atoms with E-state index in [1.165, 1.54) is 43.3 Å². The van der Waals surface area contributed by atoms with E-state index in [1.54, 1.807) is 0 Å². The first-order valence-electron chi connectivity index (χ1n) is 9.89. The summed E-state index contributed by atoms with van der Waals surface area (Å²) < 4.78 is 5.87. The van der Waals surface area contributed by atoms with Crippen LogP contribution in [0.25, 0.3) is 0 Å². The summed E-state index contributed by atoms with van der Waals surface area (Å²) in [5.74, 6) is 0.375. The highest BCUT2D eigenvalue weighted by Crippen LogP contribution is 2.52. The number of likely N-dealkylation sites (tertiary alicyclic amines) is 1. The fourth-order valence-electron chi connectivity index (χ4n) is 5.43. The van der Waals surface area contributed by atoms with Crippen LogP contribution in [0.1, 0.15) is 58.8 Å². The Morgan fingerprint density at radius 1 is 1.25 bits per heavy atom. The summed E-state index contributed by atoms with van der Waals surface area (Å²) >= 11 is 0. The summed E-state index contributed by atoms with van der Waals surface area (Å²) in [6, 6.07) is 0. The molecule has 0 aromatic heterocycles. The molecule has 0 amide bonds. The van der Waals surface area contributed by atoms with Gasteiger partial charge in [0.25, 0.3) is 0 Å². The fraction of sp³-hybridized carbons (Fsp3) is 0.762. The van der Waals surface area contributed by atoms with Crippen molar-refractivity contribution in [3.05, 3.63) is 23.3 Å². The Morgan fingerprint density at radius 2 is 2.00 bits per heavy atom. The third-order valence-electron chi connectivity index (χ3n) is 6.85. The molecule has 4 atom stereocenters. The standard InChI is InChI=1S/C21H31NO2/c1-15-8-7-9-21(2)13-19-16(12-18(15)21)17(20(23)24-19)14-22-10-5-3-4-6-11-22/h8,12,16-17,19H,3-7,9-11,13-14H2,1-2H3. The Kier molecular flexibility index (Phi) is 4.32. The summed E-state index contributed by atoms with van der Waals surface area (Å²) in [5, 5.41) is 0. The summed E-state index contributed by atoms with van der Waals surface area (Å²) in [6.07, 6.45) is 13.5. The van der Waals surface area contributed by atoms with Gasteiger partial charge in [0.15, 0.2) is 0 Å². The summed E-state index contributed by atoms with van der Waals surface area (Å²) in [5.41, 5.74) is 3.13. The number of rotatable bonds is 2. The van der Waals surface area contributed by atoms with Crippen LogP contribution in [0, 0.1) is 17.3 Å². The molecule has 4 aliphatic rings. The normalized spacial score (nSPS) is 40.1. The van der Waals surface area contributed by atoms with Gasteiger partial charge in [0.1, 0.15) is 6.10 Å². The molecule has 4 unspecified atom stereocenters. The SMILES string of the molecule is CC1=CCCC2(C)CC3OC(=O)C(CN4CCCCCC4)C3C=C12. The fourth-order valence-corrected chi connectivity index (χ4v) is 5.43. The molecule has 132 valence electrons. The van der Waals surface area contributed by atoms with E-state index in [1.807, 2.05) is 0 Å². The molecule has 0 N–H and O–H groups in total. The molecule has 2 fully saturated rings. The van der Waals surface area contributed by atoms with Crippen molar-refractivity contribution >= 4 is 5.97 Å². The Labute approximate surface area is 146 Å². The highest BCUT2D eigenvalue weighted by molar-refractivity contribution is 5.76. The van der Waals surface area contributed by atoms with Crippen LogP contribution in [0.2, 0.25) is 0 Å². The lowest BCUT2D eigenvalue weighted by Gasteiger charge is -2.43. The molecule has 0 aromatic rings. The molecule has 2 heterocycles. The van der Waals surface area contributed by atoms with Crippen molar-refractivity contribution in [2.45, 2.75) is 64.9 Å². The van der Waals surface area contributed by atoms with Gasteiger partial charge in [-0.15, -0.1) is 0 Å². The van der Waals surface area contributed by atoms with Crippen molar-refractivity contribution in [1.29, 1.82) is 0 Å². The smallest absolute Gasteiger partial charge is 0.311 e. The number of esters is 1. The average Bonchev–Trinajstić information content (AvgIpc) is 2.72. The first-order chi connectivity index (χ1) is 11.6. The second kappa shape index (κ2) is 6.33. The topological polar surface area (TPSA) is 29.5 Å². The minimum Gasteiger partial charge on any atom is -0.461 e. The van der Waals surface area contributed by atoms with E-state index in [-0.39, 0.29) is 29.3 Å². The van der Waals surface area contributed by atoms with Crippen LogP contribution in [-0.2, 0) is 9.53 Å². The Bertz CT molecular complexity index is 570. The molecule has 2 saturated heterocycles. The first-order valence-corrected chi connectivity index (χ1v) is 9.89. The summed E-state index contributed by atoms with van der Waals surface area (Å²) in [6.45, 7) is 7.79. The van der Waals surface area contributed by atoms with E-state index in [4.69, 9.17) is 4.74 Å². The molecule has 3 nitrogen and oxygen atoms in total. The van der Waals surface area contributed by atoms with Crippen molar-refractivity contribution < 1.29 is 9.53 Å². The first kappa shape index (κ1) is 16.4. The molecule has 0 radical (unpaired) electrons. The Morgan fingerprint density at radius 3 is 2.75 bits per heavy atom. The molecule has 24 heavy (non-hydrogen) atoms. The van der Waals surface area contributed by atoms with Gasteiger partial charge in [-0.2, -0.15) is 0 Å². The van der Waals surface area contributed by atoms with Crippen LogP contribution in [0.4, 0.5) is 0 Å². The van der Waals surface area contributed by atoms with E-state index in [9.17, 15) is 4.79 Å². The summed E-state index contributed by atoms with van der Waals surface area (Å²) in [4.78, 5) is 15.1. The second-order valence-corrected chi connectivity index (χ2v) is 8.64. The lowest BCUT2D eigenvalue weighted by atomic mass is 9.62. The van der Waals surface area contributed by atoms with Crippen molar-refractivity contribution in [2.75, 3.05) is 19.6 Å². The van der Waals surface area contributed by atoms with Crippen LogP contribution >= 0.6 is 0 Å². The molecule has 4 rings (SSSR count). The van der Waals surface area contributed by atoms with Crippen LogP contribution in [-0.4, -0.2) is 36.6 Å². The molecule has 0 saturated carbocycles. The maximum Gasteiger partial charge on any atom is 0.311 e. The Hall–Kier alpha value is -1.09. The van der Waals surface area contributed by atoms with Gasteiger partial charge in [-0.1, -0.05) is 37.5 Å². The second-order valence-electron chi connectivity index (χ2n) is 8.64. The van der Waals surface area contributed by atoms with Crippen molar-refractivity contribution in [2.24, 2.45) is 17.3 Å². The average molecular weight is 329 g/mol. The monoisotopic (exact) mass is 329 g/mol. The van der Waals surface area contributed by atoms with E-state index in [2.05, 4.69) is 30.9 Å². The third kappa shape index (κ3) is 2.85. The zero-order valence-corrected chi connectivity index (χ0v) is 15.2. The number of ether oxygens (including phenoxy) is 1. The minimum absolute atomic E-state index is 0.0416. The number of fused-ring (bicyclic) bond motifs is 2. The lowest BCUT2D eigenvalue weighted by Crippen LogP contribution is -2.39. The zero-order valence-electron chi connectivity index (χ0n) is 15.2. The number of carbonyl (C=O) groups is 1. The summed E-state index contributed by atoms with van der Waals surface area (Å²) in [7, 11) is 0. The van der Waals surface area contributed by atoms with E-state index in [0.717, 1.165) is 32.5 Å². The molecule has 0 spiro atoms. The van der Waals surface area contributed by atoms with E-state index < -0.39 is 0 Å². The Balaban J connectivity index is 1.57. The predicted octanol–water partition coefficient (Wildman–Crippen LogP) is 4.10. The molecular formula is C21H31NO2. The zero-order chi connectivity index (χ0) is 16.7.